The normalized spacial score (nSPS) is 22.6. The van der Waals surface area contributed by atoms with Gasteiger partial charge in [-0.1, -0.05) is 18.2 Å². The lowest BCUT2D eigenvalue weighted by Crippen LogP contribution is -2.37. The minimum Gasteiger partial charge on any atom is -0.273 e. The number of pyridine rings is 1. The van der Waals surface area contributed by atoms with Crippen molar-refractivity contribution in [2.24, 2.45) is 5.92 Å². The van der Waals surface area contributed by atoms with Gasteiger partial charge in [-0.3, -0.25) is 29.5 Å². The zero-order chi connectivity index (χ0) is 21.5. The monoisotopic (exact) mass is 416 g/mol. The van der Waals surface area contributed by atoms with E-state index in [-0.39, 0.29) is 11.4 Å². The molecule has 3 heterocycles. The molecule has 1 aromatic heterocycles. The number of fused-ring (bicyclic) bond motifs is 1. The smallest absolute Gasteiger partial charge is 0.269 e. The zero-order valence-electron chi connectivity index (χ0n) is 16.1. The molecule has 154 valence electrons. The first-order chi connectivity index (χ1) is 15.1. The molecule has 2 fully saturated rings. The fourth-order valence-corrected chi connectivity index (χ4v) is 4.09. The Kier molecular flexibility index (Phi) is 4.45. The fraction of sp³-hybridized carbons (Fsp3) is 0.136. The summed E-state index contributed by atoms with van der Waals surface area (Å²) in [5, 5.41) is 12.5. The van der Waals surface area contributed by atoms with Crippen molar-refractivity contribution < 1.29 is 19.3 Å². The van der Waals surface area contributed by atoms with Crippen molar-refractivity contribution in [3.8, 4) is 0 Å². The van der Waals surface area contributed by atoms with E-state index < -0.39 is 34.8 Å². The minimum atomic E-state index is -0.999. The molecule has 3 atom stereocenters. The highest BCUT2D eigenvalue weighted by Gasteiger charge is 2.60. The third-order valence-electron chi connectivity index (χ3n) is 5.49. The van der Waals surface area contributed by atoms with Gasteiger partial charge in [0.05, 0.1) is 22.3 Å². The maximum absolute atomic E-state index is 13.4. The number of hydrogen-bond acceptors (Lipinski definition) is 7. The van der Waals surface area contributed by atoms with Gasteiger partial charge in [0, 0.05) is 24.5 Å². The lowest BCUT2D eigenvalue weighted by molar-refractivity contribution is -0.384. The Bertz CT molecular complexity index is 1150. The molecule has 0 spiro atoms. The van der Waals surface area contributed by atoms with E-state index in [9.17, 15) is 19.7 Å². The number of amides is 2. The molecule has 0 unspecified atom stereocenters. The van der Waals surface area contributed by atoms with Crippen LogP contribution in [0, 0.1) is 16.0 Å². The van der Waals surface area contributed by atoms with E-state index in [2.05, 4.69) is 4.98 Å². The summed E-state index contributed by atoms with van der Waals surface area (Å²) in [6, 6.07) is 17.6. The number of anilines is 2. The van der Waals surface area contributed by atoms with E-state index in [0.29, 0.717) is 0 Å². The van der Waals surface area contributed by atoms with Crippen molar-refractivity contribution in [1.29, 1.82) is 0 Å². The summed E-state index contributed by atoms with van der Waals surface area (Å²) < 4.78 is 0. The molecule has 0 bridgehead atoms. The molecule has 0 radical (unpaired) electrons. The summed E-state index contributed by atoms with van der Waals surface area (Å²) >= 11 is 0. The summed E-state index contributed by atoms with van der Waals surface area (Å²) in [6.07, 6.45) is 2.25. The van der Waals surface area contributed by atoms with Crippen LogP contribution in [0.5, 0.6) is 0 Å². The maximum Gasteiger partial charge on any atom is 0.269 e. The van der Waals surface area contributed by atoms with Crippen LogP contribution in [0.1, 0.15) is 11.6 Å². The Morgan fingerprint density at radius 1 is 0.871 bits per heavy atom. The van der Waals surface area contributed by atoms with Crippen LogP contribution in [0.15, 0.2) is 79.1 Å². The number of rotatable bonds is 4. The summed E-state index contributed by atoms with van der Waals surface area (Å²) in [6.45, 7) is 0. The number of hydrogen-bond donors (Lipinski definition) is 0. The number of carbonyl (C=O) groups is 2. The van der Waals surface area contributed by atoms with Gasteiger partial charge in [0.15, 0.2) is 6.10 Å². The third kappa shape index (κ3) is 3.03. The number of para-hydroxylation sites is 1. The lowest BCUT2D eigenvalue weighted by Gasteiger charge is -2.28. The standard InChI is InChI=1S/C22H16N4O5/c27-21-18-19(14-10-12-23-13-11-14)25(16-4-2-1-3-5-16)31-20(18)22(28)24(21)15-6-8-17(9-7-15)26(29)30/h1-13,18-20H/t18-,19+,20+/m0/s1. The predicted octanol–water partition coefficient (Wildman–Crippen LogP) is 3.04. The van der Waals surface area contributed by atoms with Gasteiger partial charge < -0.3 is 0 Å². The van der Waals surface area contributed by atoms with E-state index >= 15 is 0 Å². The molecular weight excluding hydrogens is 400 g/mol. The predicted molar refractivity (Wildman–Crippen MR) is 110 cm³/mol. The van der Waals surface area contributed by atoms with Gasteiger partial charge in [0.1, 0.15) is 5.92 Å². The van der Waals surface area contributed by atoms with Crippen LogP contribution < -0.4 is 9.96 Å². The Morgan fingerprint density at radius 3 is 2.19 bits per heavy atom. The van der Waals surface area contributed by atoms with Crippen LogP contribution in [0.25, 0.3) is 0 Å². The molecule has 3 aromatic rings. The number of nitrogens with zero attached hydrogens (tertiary/aromatic N) is 4. The molecule has 31 heavy (non-hydrogen) atoms. The molecule has 5 rings (SSSR count). The Labute approximate surface area is 176 Å². The molecule has 2 aliphatic rings. The second-order valence-corrected chi connectivity index (χ2v) is 7.22. The SMILES string of the molecule is O=C1[C@H]2[C@@H](c3ccncc3)N(c3ccccc3)O[C@H]2C(=O)N1c1ccc([N+](=O)[O-])cc1. The number of nitro groups is 1. The molecule has 9 heteroatoms. The average molecular weight is 416 g/mol. The number of nitro benzene ring substituents is 1. The van der Waals surface area contributed by atoms with Crippen molar-refractivity contribution in [2.45, 2.75) is 12.1 Å². The van der Waals surface area contributed by atoms with Gasteiger partial charge >= 0.3 is 0 Å². The van der Waals surface area contributed by atoms with Gasteiger partial charge in [-0.25, -0.2) is 9.96 Å². The van der Waals surface area contributed by atoms with Crippen LogP contribution in [0.2, 0.25) is 0 Å². The van der Waals surface area contributed by atoms with E-state index in [1.54, 1.807) is 29.6 Å². The van der Waals surface area contributed by atoms with Crippen LogP contribution in [0.3, 0.4) is 0 Å². The van der Waals surface area contributed by atoms with E-state index in [1.165, 1.54) is 24.3 Å². The molecule has 0 N–H and O–H groups in total. The largest absolute Gasteiger partial charge is 0.273 e. The zero-order valence-corrected chi connectivity index (χ0v) is 16.1. The van der Waals surface area contributed by atoms with Gasteiger partial charge in [-0.2, -0.15) is 0 Å². The van der Waals surface area contributed by atoms with Gasteiger partial charge in [-0.15, -0.1) is 0 Å². The second kappa shape index (κ2) is 7.29. The number of imide groups is 1. The summed E-state index contributed by atoms with van der Waals surface area (Å²) in [5.74, 6) is -1.68. The molecule has 2 aliphatic heterocycles. The minimum absolute atomic E-state index is 0.121. The van der Waals surface area contributed by atoms with Crippen molar-refractivity contribution in [2.75, 3.05) is 9.96 Å². The number of hydroxylamine groups is 1. The molecule has 2 amide bonds. The van der Waals surface area contributed by atoms with Crippen molar-refractivity contribution >= 4 is 28.9 Å². The van der Waals surface area contributed by atoms with Crippen LogP contribution in [-0.2, 0) is 14.4 Å². The van der Waals surface area contributed by atoms with Gasteiger partial charge in [-0.05, 0) is 42.0 Å². The van der Waals surface area contributed by atoms with E-state index in [0.717, 1.165) is 16.2 Å². The number of benzene rings is 2. The Morgan fingerprint density at radius 2 is 1.55 bits per heavy atom. The quantitative estimate of drug-likeness (QED) is 0.366. The van der Waals surface area contributed by atoms with Crippen LogP contribution in [-0.4, -0.2) is 27.8 Å². The topological polar surface area (TPSA) is 106 Å². The first kappa shape index (κ1) is 18.9. The molecule has 2 saturated heterocycles. The first-order valence-electron chi connectivity index (χ1n) is 9.59. The fourth-order valence-electron chi connectivity index (χ4n) is 4.09. The maximum atomic E-state index is 13.4. The number of carbonyl (C=O) groups excluding carboxylic acids is 2. The molecular formula is C22H16N4O5. The van der Waals surface area contributed by atoms with E-state index in [1.807, 2.05) is 30.3 Å². The van der Waals surface area contributed by atoms with Crippen LogP contribution >= 0.6 is 0 Å². The number of aromatic nitrogens is 1. The second-order valence-electron chi connectivity index (χ2n) is 7.22. The first-order valence-corrected chi connectivity index (χ1v) is 9.59. The Balaban J connectivity index is 1.54. The highest BCUT2D eigenvalue weighted by molar-refractivity contribution is 6.23. The highest BCUT2D eigenvalue weighted by atomic mass is 16.7. The highest BCUT2D eigenvalue weighted by Crippen LogP contribution is 2.47. The molecule has 2 aromatic carbocycles. The van der Waals surface area contributed by atoms with Gasteiger partial charge in [0.25, 0.3) is 11.6 Å². The number of non-ortho nitro benzene ring substituents is 1. The summed E-state index contributed by atoms with van der Waals surface area (Å²) in [7, 11) is 0. The van der Waals surface area contributed by atoms with Gasteiger partial charge in [0.2, 0.25) is 5.91 Å². The molecule has 0 saturated carbocycles. The average Bonchev–Trinajstić information content (AvgIpc) is 3.31. The molecule has 0 aliphatic carbocycles. The van der Waals surface area contributed by atoms with Crippen molar-refractivity contribution in [3.05, 3.63) is 94.8 Å². The Hall–Kier alpha value is -4.11. The third-order valence-corrected chi connectivity index (χ3v) is 5.49. The lowest BCUT2D eigenvalue weighted by atomic mass is 9.91. The summed E-state index contributed by atoms with van der Waals surface area (Å²) in [4.78, 5) is 48.1. The van der Waals surface area contributed by atoms with E-state index in [4.69, 9.17) is 4.84 Å². The van der Waals surface area contributed by atoms with Crippen molar-refractivity contribution in [1.82, 2.24) is 4.98 Å². The van der Waals surface area contributed by atoms with Crippen molar-refractivity contribution in [3.63, 3.8) is 0 Å². The van der Waals surface area contributed by atoms with Crippen LogP contribution in [0.4, 0.5) is 17.1 Å². The summed E-state index contributed by atoms with van der Waals surface area (Å²) in [5.41, 5.74) is 1.67. The molecule has 9 nitrogen and oxygen atoms in total.